The molecule has 0 amide bonds. The summed E-state index contributed by atoms with van der Waals surface area (Å²) in [5, 5.41) is 14.7. The monoisotopic (exact) mass is 333 g/mol. The van der Waals surface area contributed by atoms with E-state index in [0.29, 0.717) is 17.3 Å². The summed E-state index contributed by atoms with van der Waals surface area (Å²) in [6.45, 7) is 4.09. The number of anilines is 1. The van der Waals surface area contributed by atoms with E-state index >= 15 is 0 Å². The van der Waals surface area contributed by atoms with Crippen molar-refractivity contribution in [3.05, 3.63) is 5.69 Å². The summed E-state index contributed by atoms with van der Waals surface area (Å²) in [5.74, 6) is 0.790. The van der Waals surface area contributed by atoms with Gasteiger partial charge in [0.2, 0.25) is 11.5 Å². The van der Waals surface area contributed by atoms with E-state index in [4.69, 9.17) is 10.5 Å². The van der Waals surface area contributed by atoms with E-state index in [9.17, 15) is 5.11 Å². The minimum Gasteiger partial charge on any atom is -0.492 e. The second kappa shape index (κ2) is 7.23. The van der Waals surface area contributed by atoms with Gasteiger partial charge in [-0.15, -0.1) is 5.10 Å². The molecule has 3 N–H and O–H groups in total. The van der Waals surface area contributed by atoms with Crippen LogP contribution in [0.5, 0.6) is 11.9 Å². The summed E-state index contributed by atoms with van der Waals surface area (Å²) in [6, 6.07) is 0.239. The highest BCUT2D eigenvalue weighted by atomic mass is 16.5. The number of hydrogen-bond acceptors (Lipinski definition) is 6. The number of aromatic nitrogens is 4. The molecule has 2 aromatic heterocycles. The molecule has 0 spiro atoms. The summed E-state index contributed by atoms with van der Waals surface area (Å²) in [5.41, 5.74) is 7.10. The summed E-state index contributed by atoms with van der Waals surface area (Å²) in [6.07, 6.45) is 8.90. The summed E-state index contributed by atoms with van der Waals surface area (Å²) in [4.78, 5) is 8.32. The Hall–Kier alpha value is -2.05. The Kier molecular flexibility index (Phi) is 5.06. The molecule has 7 nitrogen and oxygen atoms in total. The number of rotatable bonds is 6. The van der Waals surface area contributed by atoms with Gasteiger partial charge in [-0.3, -0.25) is 0 Å². The molecule has 0 aromatic carbocycles. The van der Waals surface area contributed by atoms with E-state index in [1.54, 1.807) is 4.52 Å². The predicted octanol–water partition coefficient (Wildman–Crippen LogP) is 3.10. The van der Waals surface area contributed by atoms with Crippen molar-refractivity contribution < 1.29 is 9.84 Å². The maximum Gasteiger partial charge on any atom is 0.336 e. The smallest absolute Gasteiger partial charge is 0.336 e. The number of ether oxygens (including phenoxy) is 1. The third-order valence-corrected chi connectivity index (χ3v) is 4.77. The molecule has 132 valence electrons. The van der Waals surface area contributed by atoms with E-state index in [1.165, 1.54) is 32.1 Å². The van der Waals surface area contributed by atoms with E-state index in [2.05, 4.69) is 22.0 Å². The van der Waals surface area contributed by atoms with Crippen molar-refractivity contribution in [1.29, 1.82) is 0 Å². The minimum atomic E-state index is 0.000306. The molecular formula is C17H27N5O2. The fourth-order valence-corrected chi connectivity index (χ4v) is 3.51. The molecule has 1 fully saturated rings. The van der Waals surface area contributed by atoms with Crippen molar-refractivity contribution in [3.8, 4) is 11.9 Å². The number of nitrogens with two attached hydrogens (primary N) is 1. The molecule has 0 radical (unpaired) electrons. The fourth-order valence-electron chi connectivity index (χ4n) is 3.51. The number of nitrogen functional groups attached to an aromatic ring is 1. The zero-order valence-electron chi connectivity index (χ0n) is 14.5. The predicted molar refractivity (Wildman–Crippen MR) is 92.1 cm³/mol. The number of hydrogen-bond donors (Lipinski definition) is 2. The zero-order valence-corrected chi connectivity index (χ0v) is 14.5. The van der Waals surface area contributed by atoms with Gasteiger partial charge in [-0.1, -0.05) is 45.4 Å². The number of fused-ring (bicyclic) bond motifs is 1. The van der Waals surface area contributed by atoms with E-state index in [0.717, 1.165) is 19.3 Å². The average molecular weight is 333 g/mol. The van der Waals surface area contributed by atoms with E-state index in [1.807, 2.05) is 6.92 Å². The summed E-state index contributed by atoms with van der Waals surface area (Å²) in [7, 11) is 0. The highest BCUT2D eigenvalue weighted by Crippen LogP contribution is 2.31. The molecular weight excluding hydrogens is 306 g/mol. The average Bonchev–Trinajstić information content (AvgIpc) is 2.86. The van der Waals surface area contributed by atoms with Crippen LogP contribution in [0.25, 0.3) is 5.65 Å². The number of nitrogens with zero attached hydrogens (tertiary/aromatic N) is 4. The van der Waals surface area contributed by atoms with Crippen LogP contribution in [0.1, 0.15) is 64.5 Å². The molecule has 24 heavy (non-hydrogen) atoms. The lowest BCUT2D eigenvalue weighted by molar-refractivity contribution is 0.189. The van der Waals surface area contributed by atoms with Crippen LogP contribution in [0.3, 0.4) is 0 Å². The molecule has 0 saturated heterocycles. The SMILES string of the molecule is CCC[C@H](C)Oc1nc(N)c2nc(O)c(CC3CCCCC3)n2n1. The Bertz CT molecular complexity index is 694. The van der Waals surface area contributed by atoms with Crippen LogP contribution in [-0.4, -0.2) is 30.8 Å². The molecule has 1 aliphatic carbocycles. The van der Waals surface area contributed by atoms with Crippen molar-refractivity contribution >= 4 is 11.5 Å². The Morgan fingerprint density at radius 3 is 2.75 bits per heavy atom. The van der Waals surface area contributed by atoms with Gasteiger partial charge in [-0.2, -0.15) is 9.97 Å². The van der Waals surface area contributed by atoms with Crippen LogP contribution in [0.4, 0.5) is 5.82 Å². The maximum atomic E-state index is 10.3. The molecule has 1 saturated carbocycles. The van der Waals surface area contributed by atoms with Crippen molar-refractivity contribution in [2.75, 3.05) is 5.73 Å². The molecule has 1 atom stereocenters. The number of aromatic hydroxyl groups is 1. The Morgan fingerprint density at radius 1 is 1.29 bits per heavy atom. The fraction of sp³-hybridized carbons (Fsp3) is 0.706. The first-order chi connectivity index (χ1) is 11.6. The minimum absolute atomic E-state index is 0.000306. The van der Waals surface area contributed by atoms with Crippen LogP contribution in [0.2, 0.25) is 0 Å². The molecule has 2 aromatic rings. The van der Waals surface area contributed by atoms with Crippen molar-refractivity contribution in [1.82, 2.24) is 19.6 Å². The van der Waals surface area contributed by atoms with Crippen LogP contribution < -0.4 is 10.5 Å². The molecule has 1 aliphatic rings. The molecule has 0 bridgehead atoms. The lowest BCUT2D eigenvalue weighted by Gasteiger charge is -2.21. The molecule has 0 aliphatic heterocycles. The van der Waals surface area contributed by atoms with Gasteiger partial charge in [0.1, 0.15) is 5.69 Å². The Balaban J connectivity index is 1.90. The van der Waals surface area contributed by atoms with E-state index in [-0.39, 0.29) is 23.8 Å². The van der Waals surface area contributed by atoms with Crippen LogP contribution in [0, 0.1) is 5.92 Å². The number of imidazole rings is 1. The molecule has 0 unspecified atom stereocenters. The van der Waals surface area contributed by atoms with Gasteiger partial charge in [-0.05, 0) is 25.7 Å². The third-order valence-electron chi connectivity index (χ3n) is 4.77. The van der Waals surface area contributed by atoms with E-state index < -0.39 is 0 Å². The normalized spacial score (nSPS) is 17.2. The highest BCUT2D eigenvalue weighted by Gasteiger charge is 2.22. The van der Waals surface area contributed by atoms with Crippen LogP contribution in [-0.2, 0) is 6.42 Å². The first-order valence-electron chi connectivity index (χ1n) is 8.99. The van der Waals surface area contributed by atoms with Crippen molar-refractivity contribution in [2.45, 2.75) is 71.3 Å². The standard InChI is InChI=1S/C17H27N5O2/c1-3-7-11(2)24-17-19-14(18)15-20-16(23)13(22(15)21-17)10-12-8-5-4-6-9-12/h11-12,23H,3-10H2,1-2H3,(H2,18,19,21)/t11-/m0/s1. The first kappa shape index (κ1) is 16.8. The Labute approximate surface area is 142 Å². The molecule has 2 heterocycles. The maximum absolute atomic E-state index is 10.3. The summed E-state index contributed by atoms with van der Waals surface area (Å²) >= 11 is 0. The first-order valence-corrected chi connectivity index (χ1v) is 8.99. The second-order valence-electron chi connectivity index (χ2n) is 6.82. The van der Waals surface area contributed by atoms with Gasteiger partial charge in [0.15, 0.2) is 5.82 Å². The van der Waals surface area contributed by atoms with Gasteiger partial charge in [-0.25, -0.2) is 4.52 Å². The molecule has 3 rings (SSSR count). The van der Waals surface area contributed by atoms with Gasteiger partial charge < -0.3 is 15.6 Å². The lowest BCUT2D eigenvalue weighted by Crippen LogP contribution is -2.16. The second-order valence-corrected chi connectivity index (χ2v) is 6.82. The third kappa shape index (κ3) is 3.55. The van der Waals surface area contributed by atoms with Crippen molar-refractivity contribution in [3.63, 3.8) is 0 Å². The quantitative estimate of drug-likeness (QED) is 0.843. The van der Waals surface area contributed by atoms with Crippen molar-refractivity contribution in [2.24, 2.45) is 5.92 Å². The zero-order chi connectivity index (χ0) is 17.1. The van der Waals surface area contributed by atoms with Crippen LogP contribution >= 0.6 is 0 Å². The Morgan fingerprint density at radius 2 is 2.04 bits per heavy atom. The largest absolute Gasteiger partial charge is 0.492 e. The van der Waals surface area contributed by atoms with Gasteiger partial charge in [0.25, 0.3) is 0 Å². The highest BCUT2D eigenvalue weighted by molar-refractivity contribution is 5.61. The summed E-state index contributed by atoms with van der Waals surface area (Å²) < 4.78 is 7.38. The van der Waals surface area contributed by atoms with Gasteiger partial charge in [0.05, 0.1) is 6.10 Å². The van der Waals surface area contributed by atoms with Gasteiger partial charge >= 0.3 is 6.01 Å². The topological polar surface area (TPSA) is 98.6 Å². The molecule has 7 heteroatoms. The lowest BCUT2D eigenvalue weighted by atomic mass is 9.86. The van der Waals surface area contributed by atoms with Gasteiger partial charge in [0, 0.05) is 0 Å². The van der Waals surface area contributed by atoms with Crippen LogP contribution in [0.15, 0.2) is 0 Å².